The normalized spacial score (nSPS) is 27.1. The number of nitrogens with one attached hydrogen (secondary N) is 1. The lowest BCUT2D eigenvalue weighted by Crippen LogP contribution is -2.56. The molecule has 3 amide bonds. The number of likely N-dealkylation sites (tertiary alicyclic amines) is 2. The van der Waals surface area contributed by atoms with E-state index in [0.29, 0.717) is 44.2 Å². The van der Waals surface area contributed by atoms with Gasteiger partial charge < -0.3 is 10.2 Å². The third-order valence-corrected chi connectivity index (χ3v) is 8.15. The summed E-state index contributed by atoms with van der Waals surface area (Å²) in [5.41, 5.74) is -0.861. The van der Waals surface area contributed by atoms with Crippen molar-refractivity contribution in [2.45, 2.75) is 76.2 Å². The number of piperidine rings is 1. The van der Waals surface area contributed by atoms with Gasteiger partial charge in [-0.3, -0.25) is 14.6 Å². The van der Waals surface area contributed by atoms with Crippen LogP contribution in [0.2, 0.25) is 0 Å². The number of hydrogen-bond donors (Lipinski definition) is 1. The van der Waals surface area contributed by atoms with Crippen LogP contribution >= 0.6 is 0 Å². The fourth-order valence-corrected chi connectivity index (χ4v) is 6.20. The van der Waals surface area contributed by atoms with Crippen molar-refractivity contribution in [2.75, 3.05) is 33.2 Å². The molecule has 0 radical (unpaired) electrons. The maximum absolute atomic E-state index is 13.6. The molecule has 1 aromatic rings. The van der Waals surface area contributed by atoms with Crippen LogP contribution in [0.25, 0.3) is 0 Å². The molecule has 3 saturated heterocycles. The fraction of sp³-hybridized carbons (Fsp3) is 0.692. The fourth-order valence-electron chi connectivity index (χ4n) is 6.20. The van der Waals surface area contributed by atoms with Crippen LogP contribution in [0.4, 0.5) is 18.0 Å². The van der Waals surface area contributed by atoms with Crippen LogP contribution in [0.15, 0.2) is 24.3 Å². The van der Waals surface area contributed by atoms with Gasteiger partial charge >= 0.3 is 12.2 Å². The second kappa shape index (κ2) is 10.5. The number of amides is 3. The lowest BCUT2D eigenvalue weighted by molar-refractivity contribution is -0.137. The molecule has 3 heterocycles. The SMILES string of the molecule is CCCC1(C2CCN(Cc3cccc(C(F)(F)F)c3)CC2)NC(=O)N(CCC2CCCN2C)C1=O. The molecular weight excluding hydrogens is 457 g/mol. The van der Waals surface area contributed by atoms with Crippen LogP contribution < -0.4 is 5.32 Å². The minimum absolute atomic E-state index is 0.0239. The molecule has 194 valence electrons. The van der Waals surface area contributed by atoms with E-state index in [2.05, 4.69) is 22.2 Å². The van der Waals surface area contributed by atoms with E-state index in [9.17, 15) is 22.8 Å². The molecule has 4 rings (SSSR count). The average Bonchev–Trinajstić information content (AvgIpc) is 3.33. The van der Waals surface area contributed by atoms with Crippen molar-refractivity contribution < 1.29 is 22.8 Å². The number of alkyl halides is 3. The highest BCUT2D eigenvalue weighted by atomic mass is 19.4. The lowest BCUT2D eigenvalue weighted by atomic mass is 9.74. The topological polar surface area (TPSA) is 55.9 Å². The molecule has 0 aromatic heterocycles. The molecule has 9 heteroatoms. The van der Waals surface area contributed by atoms with E-state index < -0.39 is 17.3 Å². The zero-order valence-electron chi connectivity index (χ0n) is 20.7. The summed E-state index contributed by atoms with van der Waals surface area (Å²) in [6.07, 6.45) is 1.55. The Kier molecular flexibility index (Phi) is 7.76. The Labute approximate surface area is 205 Å². The van der Waals surface area contributed by atoms with Gasteiger partial charge in [0.2, 0.25) is 0 Å². The molecule has 0 bridgehead atoms. The summed E-state index contributed by atoms with van der Waals surface area (Å²) >= 11 is 0. The quantitative estimate of drug-likeness (QED) is 0.541. The Bertz CT molecular complexity index is 916. The Morgan fingerprint density at radius 2 is 1.86 bits per heavy atom. The van der Waals surface area contributed by atoms with E-state index >= 15 is 0 Å². The summed E-state index contributed by atoms with van der Waals surface area (Å²) in [5.74, 6) is -0.0721. The molecule has 0 saturated carbocycles. The number of hydrogen-bond acceptors (Lipinski definition) is 4. The molecular formula is C26H37F3N4O2. The number of carbonyl (C=O) groups excluding carboxylic acids is 2. The highest BCUT2D eigenvalue weighted by Gasteiger charge is 2.55. The van der Waals surface area contributed by atoms with Crippen molar-refractivity contribution in [3.63, 3.8) is 0 Å². The number of imide groups is 1. The minimum Gasteiger partial charge on any atom is -0.323 e. The number of halogens is 3. The number of rotatable bonds is 8. The molecule has 1 N–H and O–H groups in total. The smallest absolute Gasteiger partial charge is 0.323 e. The van der Waals surface area contributed by atoms with E-state index in [-0.39, 0.29) is 17.9 Å². The summed E-state index contributed by atoms with van der Waals surface area (Å²) in [7, 11) is 2.10. The Hall–Kier alpha value is -2.13. The van der Waals surface area contributed by atoms with Crippen LogP contribution in [0, 0.1) is 5.92 Å². The largest absolute Gasteiger partial charge is 0.416 e. The van der Waals surface area contributed by atoms with E-state index in [1.165, 1.54) is 17.0 Å². The van der Waals surface area contributed by atoms with E-state index in [1.54, 1.807) is 6.07 Å². The van der Waals surface area contributed by atoms with Gasteiger partial charge in [-0.1, -0.05) is 31.5 Å². The molecule has 3 fully saturated rings. The summed E-state index contributed by atoms with van der Waals surface area (Å²) in [6, 6.07) is 5.61. The Morgan fingerprint density at radius 3 is 2.49 bits per heavy atom. The third kappa shape index (κ3) is 5.50. The summed E-state index contributed by atoms with van der Waals surface area (Å²) in [6.45, 7) is 5.34. The first kappa shape index (κ1) is 25.9. The molecule has 0 spiro atoms. The first-order valence-corrected chi connectivity index (χ1v) is 12.9. The van der Waals surface area contributed by atoms with Crippen molar-refractivity contribution in [1.82, 2.24) is 20.0 Å². The van der Waals surface area contributed by atoms with Gasteiger partial charge in [-0.2, -0.15) is 13.2 Å². The monoisotopic (exact) mass is 494 g/mol. The van der Waals surface area contributed by atoms with Gasteiger partial charge in [-0.15, -0.1) is 0 Å². The zero-order valence-corrected chi connectivity index (χ0v) is 20.7. The van der Waals surface area contributed by atoms with Crippen LogP contribution in [0.1, 0.15) is 63.0 Å². The maximum Gasteiger partial charge on any atom is 0.416 e. The minimum atomic E-state index is -4.35. The van der Waals surface area contributed by atoms with Crippen molar-refractivity contribution in [1.29, 1.82) is 0 Å². The van der Waals surface area contributed by atoms with Crippen molar-refractivity contribution in [3.05, 3.63) is 35.4 Å². The third-order valence-electron chi connectivity index (χ3n) is 8.15. The number of urea groups is 1. The molecule has 1 aromatic carbocycles. The summed E-state index contributed by atoms with van der Waals surface area (Å²) in [4.78, 5) is 32.4. The van der Waals surface area contributed by atoms with Crippen molar-refractivity contribution >= 4 is 11.9 Å². The highest BCUT2D eigenvalue weighted by Crippen LogP contribution is 2.38. The molecule has 3 aliphatic heterocycles. The standard InChI is InChI=1S/C26H37F3N4O2/c1-3-12-25(23(34)33(24(35)30-25)16-11-22-8-5-13-31(22)2)20-9-14-32(15-10-20)18-19-6-4-7-21(17-19)26(27,28)29/h4,6-7,17,20,22H,3,5,8-16,18H2,1-2H3,(H,30,35). The second-order valence-electron chi connectivity index (χ2n) is 10.4. The van der Waals surface area contributed by atoms with E-state index in [4.69, 9.17) is 0 Å². The molecule has 0 aliphatic carbocycles. The average molecular weight is 495 g/mol. The molecule has 3 aliphatic rings. The second-order valence-corrected chi connectivity index (χ2v) is 10.4. The van der Waals surface area contributed by atoms with Crippen LogP contribution in [0.5, 0.6) is 0 Å². The van der Waals surface area contributed by atoms with Crippen LogP contribution in [0.3, 0.4) is 0 Å². The predicted molar refractivity (Wildman–Crippen MR) is 128 cm³/mol. The van der Waals surface area contributed by atoms with Gasteiger partial charge in [0.15, 0.2) is 0 Å². The molecule has 2 unspecified atom stereocenters. The van der Waals surface area contributed by atoms with Crippen molar-refractivity contribution in [2.24, 2.45) is 5.92 Å². The van der Waals surface area contributed by atoms with Gasteiger partial charge in [-0.05, 0) is 82.8 Å². The highest BCUT2D eigenvalue weighted by molar-refractivity contribution is 6.07. The van der Waals surface area contributed by atoms with E-state index in [1.807, 2.05) is 6.92 Å². The predicted octanol–water partition coefficient (Wildman–Crippen LogP) is 4.49. The molecule has 35 heavy (non-hydrogen) atoms. The lowest BCUT2D eigenvalue weighted by Gasteiger charge is -2.41. The van der Waals surface area contributed by atoms with Crippen molar-refractivity contribution in [3.8, 4) is 0 Å². The van der Waals surface area contributed by atoms with E-state index in [0.717, 1.165) is 51.1 Å². The van der Waals surface area contributed by atoms with Crippen LogP contribution in [-0.2, 0) is 17.5 Å². The summed E-state index contributed by atoms with van der Waals surface area (Å²) < 4.78 is 39.2. The Balaban J connectivity index is 1.38. The molecule has 2 atom stereocenters. The number of carbonyl (C=O) groups is 2. The van der Waals surface area contributed by atoms with Gasteiger partial charge in [0.25, 0.3) is 5.91 Å². The Morgan fingerprint density at radius 1 is 1.11 bits per heavy atom. The summed E-state index contributed by atoms with van der Waals surface area (Å²) in [5, 5.41) is 3.09. The van der Waals surface area contributed by atoms with Gasteiger partial charge in [0, 0.05) is 19.1 Å². The molecule has 6 nitrogen and oxygen atoms in total. The first-order chi connectivity index (χ1) is 16.6. The van der Waals surface area contributed by atoms with Gasteiger partial charge in [0.1, 0.15) is 5.54 Å². The zero-order chi connectivity index (χ0) is 25.2. The number of nitrogens with zero attached hydrogens (tertiary/aromatic N) is 3. The first-order valence-electron chi connectivity index (χ1n) is 12.9. The maximum atomic E-state index is 13.6. The number of benzene rings is 1. The van der Waals surface area contributed by atoms with Gasteiger partial charge in [-0.25, -0.2) is 4.79 Å². The van der Waals surface area contributed by atoms with Crippen LogP contribution in [-0.4, -0.2) is 71.4 Å². The van der Waals surface area contributed by atoms with Gasteiger partial charge in [0.05, 0.1) is 5.56 Å².